The van der Waals surface area contributed by atoms with Crippen molar-refractivity contribution in [3.8, 4) is 0 Å². The molecule has 100 valence electrons. The highest BCUT2D eigenvalue weighted by molar-refractivity contribution is 6.30. The van der Waals surface area contributed by atoms with Crippen LogP contribution in [0.5, 0.6) is 0 Å². The number of nitrogens with two attached hydrogens (primary N) is 1. The smallest absolute Gasteiger partial charge is 0.417 e. The van der Waals surface area contributed by atoms with Crippen molar-refractivity contribution in [3.05, 3.63) is 34.6 Å². The third-order valence-electron chi connectivity index (χ3n) is 2.35. The van der Waals surface area contributed by atoms with Gasteiger partial charge in [-0.2, -0.15) is 13.2 Å². The number of rotatable bonds is 3. The molecule has 1 atom stereocenters. The lowest BCUT2D eigenvalue weighted by Gasteiger charge is -2.27. The van der Waals surface area contributed by atoms with Gasteiger partial charge in [-0.1, -0.05) is 17.7 Å². The van der Waals surface area contributed by atoms with Crippen LogP contribution in [0.1, 0.15) is 5.56 Å². The van der Waals surface area contributed by atoms with E-state index in [0.29, 0.717) is 0 Å². The molecule has 1 aromatic rings. The molecule has 0 spiro atoms. The summed E-state index contributed by atoms with van der Waals surface area (Å²) in [5, 5.41) is 8.31. The Morgan fingerprint density at radius 1 is 1.39 bits per heavy atom. The van der Waals surface area contributed by atoms with Crippen molar-refractivity contribution >= 4 is 17.6 Å². The molecule has 0 aliphatic heterocycles. The van der Waals surface area contributed by atoms with Crippen LogP contribution in [0.25, 0.3) is 0 Å². The van der Waals surface area contributed by atoms with Crippen molar-refractivity contribution in [2.24, 2.45) is 5.73 Å². The monoisotopic (exact) mass is 285 g/mol. The third-order valence-corrected chi connectivity index (χ3v) is 2.66. The van der Waals surface area contributed by atoms with Gasteiger partial charge in [-0.25, -0.2) is 9.18 Å². The van der Waals surface area contributed by atoms with E-state index in [1.165, 1.54) is 0 Å². The summed E-state index contributed by atoms with van der Waals surface area (Å²) in [5.74, 6) is -3.17. The van der Waals surface area contributed by atoms with E-state index in [2.05, 4.69) is 0 Å². The third kappa shape index (κ3) is 2.73. The fourth-order valence-corrected chi connectivity index (χ4v) is 1.39. The SMILES string of the molecule is NC(Cc1ccc(Cl)c(F)c1)(C(=O)O)C(F)(F)F. The lowest BCUT2D eigenvalue weighted by molar-refractivity contribution is -0.201. The van der Waals surface area contributed by atoms with E-state index in [4.69, 9.17) is 22.4 Å². The van der Waals surface area contributed by atoms with Gasteiger partial charge in [0.25, 0.3) is 0 Å². The van der Waals surface area contributed by atoms with Crippen molar-refractivity contribution in [2.45, 2.75) is 18.1 Å². The molecule has 0 aliphatic carbocycles. The number of hydrogen-bond acceptors (Lipinski definition) is 2. The Morgan fingerprint density at radius 3 is 2.33 bits per heavy atom. The number of benzene rings is 1. The second kappa shape index (κ2) is 4.74. The van der Waals surface area contributed by atoms with Gasteiger partial charge in [0.2, 0.25) is 5.54 Å². The van der Waals surface area contributed by atoms with Gasteiger partial charge in [-0.3, -0.25) is 0 Å². The van der Waals surface area contributed by atoms with E-state index in [0.717, 1.165) is 18.2 Å². The average Bonchev–Trinajstić information content (AvgIpc) is 2.21. The van der Waals surface area contributed by atoms with E-state index in [9.17, 15) is 22.4 Å². The first-order valence-electron chi connectivity index (χ1n) is 4.61. The summed E-state index contributed by atoms with van der Waals surface area (Å²) in [4.78, 5) is 10.7. The van der Waals surface area contributed by atoms with Gasteiger partial charge >= 0.3 is 12.1 Å². The number of aliphatic carboxylic acids is 1. The minimum Gasteiger partial charge on any atom is -0.480 e. The minimum atomic E-state index is -5.16. The summed E-state index contributed by atoms with van der Waals surface area (Å²) in [6.07, 6.45) is -6.24. The molecule has 3 N–H and O–H groups in total. The van der Waals surface area contributed by atoms with Crippen LogP contribution in [0.3, 0.4) is 0 Å². The van der Waals surface area contributed by atoms with E-state index < -0.39 is 29.9 Å². The lowest BCUT2D eigenvalue weighted by Crippen LogP contribution is -2.61. The molecule has 0 fully saturated rings. The van der Waals surface area contributed by atoms with E-state index in [1.54, 1.807) is 0 Å². The molecule has 3 nitrogen and oxygen atoms in total. The quantitative estimate of drug-likeness (QED) is 0.838. The topological polar surface area (TPSA) is 63.3 Å². The standard InChI is InChI=1S/C10H8ClF4NO2/c11-6-2-1-5(3-7(6)12)4-9(16,8(17)18)10(13,14)15/h1-3H,4,16H2,(H,17,18). The van der Waals surface area contributed by atoms with Gasteiger partial charge < -0.3 is 10.8 Å². The molecule has 0 radical (unpaired) electrons. The first kappa shape index (κ1) is 14.7. The molecule has 0 saturated heterocycles. The van der Waals surface area contributed by atoms with Crippen molar-refractivity contribution in [3.63, 3.8) is 0 Å². The maximum Gasteiger partial charge on any atom is 0.417 e. The number of carboxylic acids is 1. The molecule has 0 aliphatic rings. The average molecular weight is 286 g/mol. The second-order valence-corrected chi connectivity index (χ2v) is 4.11. The minimum absolute atomic E-state index is 0.209. The van der Waals surface area contributed by atoms with Crippen LogP contribution in [0.4, 0.5) is 17.6 Å². The highest BCUT2D eigenvalue weighted by Gasteiger charge is 2.58. The van der Waals surface area contributed by atoms with E-state index in [1.807, 2.05) is 0 Å². The van der Waals surface area contributed by atoms with Gasteiger partial charge in [-0.15, -0.1) is 0 Å². The van der Waals surface area contributed by atoms with Crippen molar-refractivity contribution in [1.29, 1.82) is 0 Å². The summed E-state index contributed by atoms with van der Waals surface area (Å²) < 4.78 is 50.8. The van der Waals surface area contributed by atoms with Crippen LogP contribution in [0.2, 0.25) is 5.02 Å². The number of alkyl halides is 3. The Bertz CT molecular complexity index is 477. The Hall–Kier alpha value is -1.34. The fourth-order valence-electron chi connectivity index (χ4n) is 1.27. The molecule has 0 aromatic heterocycles. The molecule has 1 aromatic carbocycles. The molecule has 0 amide bonds. The number of halogens is 5. The van der Waals surface area contributed by atoms with Crippen LogP contribution in [-0.2, 0) is 11.2 Å². The van der Waals surface area contributed by atoms with Crippen LogP contribution < -0.4 is 5.73 Å². The van der Waals surface area contributed by atoms with Crippen LogP contribution in [0, 0.1) is 5.82 Å². The molecule has 1 rings (SSSR count). The van der Waals surface area contributed by atoms with Gasteiger partial charge in [0, 0.05) is 6.42 Å². The first-order valence-corrected chi connectivity index (χ1v) is 4.98. The van der Waals surface area contributed by atoms with Crippen molar-refractivity contribution < 1.29 is 27.5 Å². The maximum atomic E-state index is 13.1. The Balaban J connectivity index is 3.12. The predicted octanol–water partition coefficient (Wildman–Crippen LogP) is 2.37. The zero-order valence-corrected chi connectivity index (χ0v) is 9.52. The summed E-state index contributed by atoms with van der Waals surface area (Å²) >= 11 is 5.36. The van der Waals surface area contributed by atoms with Gasteiger partial charge in [0.15, 0.2) is 0 Å². The molecular weight excluding hydrogens is 278 g/mol. The Kier molecular flexibility index (Phi) is 3.87. The molecule has 1 unspecified atom stereocenters. The highest BCUT2D eigenvalue weighted by Crippen LogP contribution is 2.32. The van der Waals surface area contributed by atoms with E-state index >= 15 is 0 Å². The van der Waals surface area contributed by atoms with Gasteiger partial charge in [-0.05, 0) is 17.7 Å². The van der Waals surface area contributed by atoms with Crippen LogP contribution in [-0.4, -0.2) is 22.8 Å². The lowest BCUT2D eigenvalue weighted by atomic mass is 9.91. The largest absolute Gasteiger partial charge is 0.480 e. The summed E-state index contributed by atoms with van der Waals surface area (Å²) in [6.45, 7) is 0. The molecule has 0 heterocycles. The van der Waals surface area contributed by atoms with Gasteiger partial charge in [0.05, 0.1) is 5.02 Å². The second-order valence-electron chi connectivity index (χ2n) is 3.70. The zero-order chi connectivity index (χ0) is 14.1. The van der Waals surface area contributed by atoms with Crippen LogP contribution in [0.15, 0.2) is 18.2 Å². The van der Waals surface area contributed by atoms with E-state index in [-0.39, 0.29) is 10.6 Å². The van der Waals surface area contributed by atoms with Gasteiger partial charge in [0.1, 0.15) is 5.82 Å². The number of carboxylic acid groups (broad SMARTS) is 1. The normalized spacial score (nSPS) is 15.2. The Labute approximate surface area is 104 Å². The molecule has 0 bridgehead atoms. The van der Waals surface area contributed by atoms with Crippen molar-refractivity contribution in [1.82, 2.24) is 0 Å². The first-order chi connectivity index (χ1) is 8.08. The number of hydrogen-bond donors (Lipinski definition) is 2. The summed E-state index contributed by atoms with van der Waals surface area (Å²) in [7, 11) is 0. The predicted molar refractivity (Wildman–Crippen MR) is 55.7 cm³/mol. The summed E-state index contributed by atoms with van der Waals surface area (Å²) in [5.41, 5.74) is 1.18. The Morgan fingerprint density at radius 2 is 1.94 bits per heavy atom. The molecule has 18 heavy (non-hydrogen) atoms. The molecule has 8 heteroatoms. The fraction of sp³-hybridized carbons (Fsp3) is 0.300. The molecular formula is C10H8ClF4NO2. The van der Waals surface area contributed by atoms with Crippen LogP contribution >= 0.6 is 11.6 Å². The number of carbonyl (C=O) groups is 1. The summed E-state index contributed by atoms with van der Waals surface area (Å²) in [6, 6.07) is 2.84. The van der Waals surface area contributed by atoms with Crippen molar-refractivity contribution in [2.75, 3.05) is 0 Å². The molecule has 0 saturated carbocycles. The maximum absolute atomic E-state index is 13.1. The highest BCUT2D eigenvalue weighted by atomic mass is 35.5. The zero-order valence-electron chi connectivity index (χ0n) is 8.76.